The highest BCUT2D eigenvalue weighted by Gasteiger charge is 2.15. The van der Waals surface area contributed by atoms with Crippen LogP contribution in [0.25, 0.3) is 5.57 Å². The van der Waals surface area contributed by atoms with E-state index in [9.17, 15) is 0 Å². The third-order valence-electron chi connectivity index (χ3n) is 2.27. The van der Waals surface area contributed by atoms with Crippen molar-refractivity contribution in [1.29, 1.82) is 0 Å². The predicted molar refractivity (Wildman–Crippen MR) is 66.8 cm³/mol. The molecule has 1 aliphatic heterocycles. The monoisotopic (exact) mass is 288 g/mol. The first kappa shape index (κ1) is 15.2. The molecule has 0 fully saturated rings. The number of aliphatic carboxylic acids is 2. The second-order valence-electron chi connectivity index (χ2n) is 3.74. The summed E-state index contributed by atoms with van der Waals surface area (Å²) in [6.07, 6.45) is 0.878. The molecule has 0 radical (unpaired) electrons. The van der Waals surface area contributed by atoms with E-state index in [1.807, 2.05) is 13.0 Å². The van der Waals surface area contributed by atoms with Crippen molar-refractivity contribution in [3.05, 3.63) is 22.6 Å². The summed E-state index contributed by atoms with van der Waals surface area (Å²) in [5, 5.41) is 22.9. The second kappa shape index (κ2) is 6.91. The molecule has 0 aromatic carbocycles. The van der Waals surface area contributed by atoms with Gasteiger partial charge in [0.15, 0.2) is 0 Å². The minimum atomic E-state index is -1.82. The average molecular weight is 289 g/mol. The molecule has 0 aliphatic carbocycles. The van der Waals surface area contributed by atoms with E-state index in [0.717, 1.165) is 41.6 Å². The fourth-order valence-electron chi connectivity index (χ4n) is 1.40. The third kappa shape index (κ3) is 4.72. The van der Waals surface area contributed by atoms with Gasteiger partial charge in [0, 0.05) is 29.8 Å². The van der Waals surface area contributed by atoms with Crippen LogP contribution in [-0.4, -0.2) is 40.4 Å². The maximum atomic E-state index is 9.10. The topological polar surface area (TPSA) is 113 Å². The van der Waals surface area contributed by atoms with E-state index in [1.165, 1.54) is 0 Å². The van der Waals surface area contributed by atoms with Crippen LogP contribution in [0, 0.1) is 6.92 Å². The van der Waals surface area contributed by atoms with Crippen LogP contribution in [-0.2, 0) is 9.59 Å². The number of hydrogen-bond donors (Lipinski definition) is 3. The normalized spacial score (nSPS) is 14.6. The number of carboxylic acids is 2. The van der Waals surface area contributed by atoms with Gasteiger partial charge >= 0.3 is 11.9 Å². The molecule has 2 rings (SSSR count). The van der Waals surface area contributed by atoms with Crippen molar-refractivity contribution < 1.29 is 24.3 Å². The Kier molecular flexibility index (Phi) is 5.53. The van der Waals surface area contributed by atoms with Crippen molar-refractivity contribution in [3.63, 3.8) is 0 Å². The number of carboxylic acid groups (broad SMARTS) is 2. The van der Waals surface area contributed by atoms with E-state index in [-0.39, 0.29) is 0 Å². The Morgan fingerprint density at radius 2 is 2.05 bits per heavy atom. The third-order valence-corrected chi connectivity index (χ3v) is 2.69. The second-order valence-corrected chi connectivity index (χ2v) is 4.20. The lowest BCUT2D eigenvalue weighted by atomic mass is 10.1. The van der Waals surface area contributed by atoms with Gasteiger partial charge in [0.1, 0.15) is 11.5 Å². The van der Waals surface area contributed by atoms with Gasteiger partial charge in [-0.25, -0.2) is 9.59 Å². The zero-order valence-electron chi connectivity index (χ0n) is 10.1. The molecule has 0 unspecified atom stereocenters. The molecule has 19 heavy (non-hydrogen) atoms. The Balaban J connectivity index is 0.000000258. The van der Waals surface area contributed by atoms with E-state index in [4.69, 9.17) is 35.9 Å². The van der Waals surface area contributed by atoms with Crippen LogP contribution in [0.2, 0.25) is 0 Å². The number of nitrogens with one attached hydrogen (secondary N) is 1. The van der Waals surface area contributed by atoms with Gasteiger partial charge in [0.2, 0.25) is 0 Å². The first-order valence-electron chi connectivity index (χ1n) is 5.40. The van der Waals surface area contributed by atoms with Crippen molar-refractivity contribution in [2.24, 2.45) is 0 Å². The molecule has 104 valence electrons. The zero-order chi connectivity index (χ0) is 14.4. The van der Waals surface area contributed by atoms with Gasteiger partial charge < -0.3 is 20.1 Å². The zero-order valence-corrected chi connectivity index (χ0v) is 10.9. The van der Waals surface area contributed by atoms with Crippen molar-refractivity contribution in [2.75, 3.05) is 13.1 Å². The molecule has 0 saturated carbocycles. The number of carbonyl (C=O) groups is 2. The van der Waals surface area contributed by atoms with Gasteiger partial charge in [0.05, 0.1) is 0 Å². The standard InChI is InChI=1S/C9H11ClN2O.C2H2O4/c1-6-4-9(12-13-6)7-5-11-3-2-8(7)10;3-1(4)2(5)6/h4,11H,2-3,5H2,1H3;(H,3,4)(H,5,6). The summed E-state index contributed by atoms with van der Waals surface area (Å²) in [6, 6.07) is 1.91. The molecule has 0 atom stereocenters. The van der Waals surface area contributed by atoms with Crippen molar-refractivity contribution in [3.8, 4) is 0 Å². The molecular weight excluding hydrogens is 276 g/mol. The Bertz CT molecular complexity index is 497. The van der Waals surface area contributed by atoms with Crippen LogP contribution in [0.15, 0.2) is 15.6 Å². The van der Waals surface area contributed by atoms with Crippen LogP contribution in [0.1, 0.15) is 17.9 Å². The van der Waals surface area contributed by atoms with Gasteiger partial charge in [0.25, 0.3) is 0 Å². The fraction of sp³-hybridized carbons (Fsp3) is 0.364. The van der Waals surface area contributed by atoms with Crippen LogP contribution >= 0.6 is 11.6 Å². The number of aryl methyl sites for hydroxylation is 1. The smallest absolute Gasteiger partial charge is 0.414 e. The highest BCUT2D eigenvalue weighted by molar-refractivity contribution is 6.32. The van der Waals surface area contributed by atoms with Crippen LogP contribution in [0.4, 0.5) is 0 Å². The minimum Gasteiger partial charge on any atom is -0.473 e. The lowest BCUT2D eigenvalue weighted by Gasteiger charge is -2.14. The largest absolute Gasteiger partial charge is 0.473 e. The molecular formula is C11H13ClN2O5. The molecule has 3 N–H and O–H groups in total. The maximum Gasteiger partial charge on any atom is 0.414 e. The van der Waals surface area contributed by atoms with Gasteiger partial charge in [-0.05, 0) is 13.3 Å². The van der Waals surface area contributed by atoms with E-state index >= 15 is 0 Å². The van der Waals surface area contributed by atoms with Crippen molar-refractivity contribution >= 4 is 29.1 Å². The number of nitrogens with zero attached hydrogens (tertiary/aromatic N) is 1. The molecule has 1 aliphatic rings. The summed E-state index contributed by atoms with van der Waals surface area (Å²) < 4.78 is 5.00. The average Bonchev–Trinajstić information content (AvgIpc) is 2.77. The lowest BCUT2D eigenvalue weighted by molar-refractivity contribution is -0.159. The Hall–Kier alpha value is -1.86. The number of halogens is 1. The highest BCUT2D eigenvalue weighted by atomic mass is 35.5. The molecule has 8 heteroatoms. The Morgan fingerprint density at radius 1 is 1.42 bits per heavy atom. The van der Waals surface area contributed by atoms with E-state index in [1.54, 1.807) is 0 Å². The molecule has 0 amide bonds. The minimum absolute atomic E-state index is 0.783. The first-order valence-corrected chi connectivity index (χ1v) is 5.77. The van der Waals surface area contributed by atoms with Gasteiger partial charge in [-0.15, -0.1) is 0 Å². The van der Waals surface area contributed by atoms with Gasteiger partial charge in [-0.3, -0.25) is 0 Å². The van der Waals surface area contributed by atoms with Crippen LogP contribution < -0.4 is 5.32 Å². The summed E-state index contributed by atoms with van der Waals surface area (Å²) >= 11 is 6.08. The Morgan fingerprint density at radius 3 is 2.47 bits per heavy atom. The summed E-state index contributed by atoms with van der Waals surface area (Å²) in [4.78, 5) is 18.2. The SMILES string of the molecule is Cc1cc(C2=C(Cl)CCNC2)no1.O=C(O)C(=O)O. The summed E-state index contributed by atoms with van der Waals surface area (Å²) in [5.41, 5.74) is 1.92. The van der Waals surface area contributed by atoms with Crippen molar-refractivity contribution in [2.45, 2.75) is 13.3 Å². The van der Waals surface area contributed by atoms with E-state index in [2.05, 4.69) is 10.5 Å². The van der Waals surface area contributed by atoms with E-state index in [0.29, 0.717) is 0 Å². The molecule has 0 saturated heterocycles. The predicted octanol–water partition coefficient (Wildman–Crippen LogP) is 1.08. The fourth-order valence-corrected chi connectivity index (χ4v) is 1.65. The molecule has 7 nitrogen and oxygen atoms in total. The van der Waals surface area contributed by atoms with Crippen LogP contribution in [0.3, 0.4) is 0 Å². The van der Waals surface area contributed by atoms with Crippen LogP contribution in [0.5, 0.6) is 0 Å². The Labute approximate surface area is 113 Å². The maximum absolute atomic E-state index is 9.10. The number of aromatic nitrogens is 1. The molecule has 0 spiro atoms. The lowest BCUT2D eigenvalue weighted by Crippen LogP contribution is -2.23. The molecule has 1 aromatic rings. The van der Waals surface area contributed by atoms with Gasteiger partial charge in [-0.1, -0.05) is 16.8 Å². The first-order chi connectivity index (χ1) is 8.91. The van der Waals surface area contributed by atoms with Crippen molar-refractivity contribution in [1.82, 2.24) is 10.5 Å². The number of hydrogen-bond acceptors (Lipinski definition) is 5. The summed E-state index contributed by atoms with van der Waals surface area (Å²) in [7, 11) is 0. The summed E-state index contributed by atoms with van der Waals surface area (Å²) in [6.45, 7) is 3.60. The van der Waals surface area contributed by atoms with Gasteiger partial charge in [-0.2, -0.15) is 0 Å². The quantitative estimate of drug-likeness (QED) is 0.663. The summed E-state index contributed by atoms with van der Waals surface area (Å²) in [5.74, 6) is -2.83. The molecule has 2 heterocycles. The molecule has 0 bridgehead atoms. The highest BCUT2D eigenvalue weighted by Crippen LogP contribution is 2.25. The molecule has 1 aromatic heterocycles. The van der Waals surface area contributed by atoms with E-state index < -0.39 is 11.9 Å². The number of rotatable bonds is 1.